The summed E-state index contributed by atoms with van der Waals surface area (Å²) >= 11 is 1.37. The molecule has 1 amide bonds. The maximum absolute atomic E-state index is 12.9. The van der Waals surface area contributed by atoms with Crippen LogP contribution in [0.4, 0.5) is 5.69 Å². The number of allylic oxidation sites excluding steroid dienone is 1. The number of amides is 1. The van der Waals surface area contributed by atoms with E-state index >= 15 is 0 Å². The quantitative estimate of drug-likeness (QED) is 0.347. The molecule has 150 valence electrons. The van der Waals surface area contributed by atoms with E-state index in [2.05, 4.69) is 27.1 Å². The van der Waals surface area contributed by atoms with Crippen LogP contribution in [0.2, 0.25) is 0 Å². The predicted octanol–water partition coefficient (Wildman–Crippen LogP) is 4.80. The SMILES string of the molecule is C=CCn1c(SC(C)C(=O)Nc2cccc3ccccc23)nnc1-c1ccncc1. The fraction of sp³-hybridized carbons (Fsp3) is 0.130. The lowest BCUT2D eigenvalue weighted by molar-refractivity contribution is -0.115. The second-order valence-electron chi connectivity index (χ2n) is 6.72. The number of rotatable bonds is 7. The monoisotopic (exact) mass is 415 g/mol. The highest BCUT2D eigenvalue weighted by Crippen LogP contribution is 2.28. The molecule has 2 aromatic heterocycles. The first-order valence-electron chi connectivity index (χ1n) is 9.57. The second-order valence-corrected chi connectivity index (χ2v) is 8.03. The summed E-state index contributed by atoms with van der Waals surface area (Å²) in [6.45, 7) is 6.24. The average molecular weight is 416 g/mol. The Hall–Kier alpha value is -3.45. The smallest absolute Gasteiger partial charge is 0.237 e. The van der Waals surface area contributed by atoms with Crippen LogP contribution in [0, 0.1) is 0 Å². The Morgan fingerprint density at radius 2 is 1.90 bits per heavy atom. The Balaban J connectivity index is 1.55. The lowest BCUT2D eigenvalue weighted by atomic mass is 10.1. The molecule has 2 heterocycles. The number of hydrogen-bond acceptors (Lipinski definition) is 5. The van der Waals surface area contributed by atoms with Gasteiger partial charge in [0.2, 0.25) is 5.91 Å². The highest BCUT2D eigenvalue weighted by molar-refractivity contribution is 8.00. The van der Waals surface area contributed by atoms with Gasteiger partial charge in [-0.2, -0.15) is 0 Å². The topological polar surface area (TPSA) is 72.7 Å². The van der Waals surface area contributed by atoms with Crippen molar-refractivity contribution in [1.82, 2.24) is 19.7 Å². The molecule has 1 N–H and O–H groups in total. The highest BCUT2D eigenvalue weighted by Gasteiger charge is 2.21. The fourth-order valence-corrected chi connectivity index (χ4v) is 4.02. The van der Waals surface area contributed by atoms with Gasteiger partial charge in [0, 0.05) is 35.6 Å². The van der Waals surface area contributed by atoms with Crippen LogP contribution in [0.5, 0.6) is 0 Å². The van der Waals surface area contributed by atoms with Crippen molar-refractivity contribution in [2.45, 2.75) is 23.9 Å². The van der Waals surface area contributed by atoms with Gasteiger partial charge in [0.25, 0.3) is 0 Å². The number of thioether (sulfide) groups is 1. The Labute approximate surface area is 179 Å². The third-order valence-electron chi connectivity index (χ3n) is 4.67. The van der Waals surface area contributed by atoms with Gasteiger partial charge in [-0.25, -0.2) is 0 Å². The summed E-state index contributed by atoms with van der Waals surface area (Å²) < 4.78 is 1.95. The molecule has 0 fully saturated rings. The summed E-state index contributed by atoms with van der Waals surface area (Å²) in [6, 6.07) is 17.6. The highest BCUT2D eigenvalue weighted by atomic mass is 32.2. The zero-order valence-corrected chi connectivity index (χ0v) is 17.3. The standard InChI is InChI=1S/C23H21N5OS/c1-3-15-28-21(18-11-13-24-14-12-18)26-27-23(28)30-16(2)22(29)25-20-10-6-8-17-7-4-5-9-19(17)20/h3-14,16H,1,15H2,2H3,(H,25,29). The molecule has 30 heavy (non-hydrogen) atoms. The van der Waals surface area contributed by atoms with Crippen molar-refractivity contribution >= 4 is 34.1 Å². The van der Waals surface area contributed by atoms with Gasteiger partial charge < -0.3 is 5.32 Å². The average Bonchev–Trinajstić information content (AvgIpc) is 3.17. The van der Waals surface area contributed by atoms with Gasteiger partial charge in [0.15, 0.2) is 11.0 Å². The molecule has 1 unspecified atom stereocenters. The number of pyridine rings is 1. The molecule has 0 spiro atoms. The van der Waals surface area contributed by atoms with Gasteiger partial charge in [-0.1, -0.05) is 54.2 Å². The number of nitrogens with zero attached hydrogens (tertiary/aromatic N) is 4. The second kappa shape index (κ2) is 8.92. The van der Waals surface area contributed by atoms with Crippen LogP contribution < -0.4 is 5.32 Å². The minimum absolute atomic E-state index is 0.0880. The summed E-state index contributed by atoms with van der Waals surface area (Å²) in [7, 11) is 0. The van der Waals surface area contributed by atoms with Crippen molar-refractivity contribution in [2.24, 2.45) is 0 Å². The molecule has 0 bridgehead atoms. The first-order chi connectivity index (χ1) is 14.7. The van der Waals surface area contributed by atoms with Crippen LogP contribution in [0.25, 0.3) is 22.2 Å². The zero-order valence-electron chi connectivity index (χ0n) is 16.5. The van der Waals surface area contributed by atoms with Gasteiger partial charge in [-0.05, 0) is 30.5 Å². The fourth-order valence-electron chi connectivity index (χ4n) is 3.16. The normalized spacial score (nSPS) is 11.9. The van der Waals surface area contributed by atoms with Gasteiger partial charge >= 0.3 is 0 Å². The van der Waals surface area contributed by atoms with Crippen molar-refractivity contribution in [2.75, 3.05) is 5.32 Å². The minimum Gasteiger partial charge on any atom is -0.325 e. The molecule has 0 aliphatic carbocycles. The van der Waals surface area contributed by atoms with E-state index < -0.39 is 0 Å². The van der Waals surface area contributed by atoms with E-state index in [1.807, 2.05) is 66.1 Å². The summed E-state index contributed by atoms with van der Waals surface area (Å²) in [6.07, 6.45) is 5.23. The molecule has 7 heteroatoms. The van der Waals surface area contributed by atoms with Gasteiger partial charge in [0.1, 0.15) is 0 Å². The van der Waals surface area contributed by atoms with E-state index in [1.165, 1.54) is 11.8 Å². The van der Waals surface area contributed by atoms with Crippen molar-refractivity contribution < 1.29 is 4.79 Å². The van der Waals surface area contributed by atoms with E-state index in [0.717, 1.165) is 27.8 Å². The van der Waals surface area contributed by atoms with Gasteiger partial charge in [0.05, 0.1) is 5.25 Å². The lowest BCUT2D eigenvalue weighted by Crippen LogP contribution is -2.23. The number of anilines is 1. The summed E-state index contributed by atoms with van der Waals surface area (Å²) in [5.74, 6) is 0.636. The number of fused-ring (bicyclic) bond motifs is 1. The van der Waals surface area contributed by atoms with Crippen molar-refractivity contribution in [3.05, 3.63) is 79.6 Å². The molecule has 4 aromatic rings. The zero-order chi connectivity index (χ0) is 20.9. The van der Waals surface area contributed by atoms with Crippen molar-refractivity contribution in [3.8, 4) is 11.4 Å². The maximum Gasteiger partial charge on any atom is 0.237 e. The molecule has 0 aliphatic rings. The van der Waals surface area contributed by atoms with E-state index in [4.69, 9.17) is 0 Å². The molecule has 1 atom stereocenters. The van der Waals surface area contributed by atoms with Crippen LogP contribution in [0.3, 0.4) is 0 Å². The first kappa shape index (κ1) is 19.8. The number of hydrogen-bond donors (Lipinski definition) is 1. The molecule has 4 rings (SSSR count). The largest absolute Gasteiger partial charge is 0.325 e. The van der Waals surface area contributed by atoms with Gasteiger partial charge in [-0.15, -0.1) is 16.8 Å². The van der Waals surface area contributed by atoms with Crippen LogP contribution >= 0.6 is 11.8 Å². The Bertz CT molecular complexity index is 1180. The molecule has 6 nitrogen and oxygen atoms in total. The molecule has 0 saturated carbocycles. The predicted molar refractivity (Wildman–Crippen MR) is 121 cm³/mol. The molecule has 0 aliphatic heterocycles. The number of benzene rings is 2. The van der Waals surface area contributed by atoms with Crippen LogP contribution in [0.15, 0.2) is 84.8 Å². The number of carbonyl (C=O) groups is 1. The summed E-state index contributed by atoms with van der Waals surface area (Å²) in [5.41, 5.74) is 1.72. The molecule has 0 radical (unpaired) electrons. The molecule has 0 saturated heterocycles. The molecule has 2 aromatic carbocycles. The first-order valence-corrected chi connectivity index (χ1v) is 10.4. The van der Waals surface area contributed by atoms with E-state index in [0.29, 0.717) is 11.7 Å². The maximum atomic E-state index is 12.9. The molecular formula is C23H21N5OS. The summed E-state index contributed by atoms with van der Waals surface area (Å²) in [5, 5.41) is 14.1. The number of aromatic nitrogens is 4. The van der Waals surface area contributed by atoms with Crippen LogP contribution in [-0.2, 0) is 11.3 Å². The van der Waals surface area contributed by atoms with Crippen molar-refractivity contribution in [3.63, 3.8) is 0 Å². The van der Waals surface area contributed by atoms with Crippen LogP contribution in [0.1, 0.15) is 6.92 Å². The Morgan fingerprint density at radius 3 is 2.70 bits per heavy atom. The van der Waals surface area contributed by atoms with Gasteiger partial charge in [-0.3, -0.25) is 14.3 Å². The summed E-state index contributed by atoms with van der Waals surface area (Å²) in [4.78, 5) is 16.9. The third kappa shape index (κ3) is 4.11. The number of carbonyl (C=O) groups excluding carboxylic acids is 1. The Morgan fingerprint density at radius 1 is 1.13 bits per heavy atom. The third-order valence-corrected chi connectivity index (χ3v) is 5.75. The van der Waals surface area contributed by atoms with Crippen molar-refractivity contribution in [1.29, 1.82) is 0 Å². The van der Waals surface area contributed by atoms with E-state index in [-0.39, 0.29) is 11.2 Å². The number of nitrogens with one attached hydrogen (secondary N) is 1. The minimum atomic E-state index is -0.359. The lowest BCUT2D eigenvalue weighted by Gasteiger charge is -2.14. The molecular weight excluding hydrogens is 394 g/mol. The van der Waals surface area contributed by atoms with E-state index in [9.17, 15) is 4.79 Å². The Kier molecular flexibility index (Phi) is 5.90. The van der Waals surface area contributed by atoms with E-state index in [1.54, 1.807) is 18.5 Å². The van der Waals surface area contributed by atoms with Crippen LogP contribution in [-0.4, -0.2) is 30.9 Å².